The maximum absolute atomic E-state index is 9.99. The van der Waals surface area contributed by atoms with E-state index in [1.807, 2.05) is 0 Å². The van der Waals surface area contributed by atoms with Crippen LogP contribution in [0.4, 0.5) is 0 Å². The quantitative estimate of drug-likeness (QED) is 0.698. The third kappa shape index (κ3) is 1.27. The molecule has 0 aromatic carbocycles. The second-order valence-electron chi connectivity index (χ2n) is 3.26. The van der Waals surface area contributed by atoms with Gasteiger partial charge in [0, 0.05) is 13.1 Å². The van der Waals surface area contributed by atoms with E-state index in [1.165, 1.54) is 11.3 Å². The van der Waals surface area contributed by atoms with Crippen LogP contribution in [-0.4, -0.2) is 20.3 Å². The maximum Gasteiger partial charge on any atom is 0.261 e. The molecule has 5 nitrogen and oxygen atoms in total. The van der Waals surface area contributed by atoms with Crippen molar-refractivity contribution >= 4 is 21.6 Å². The van der Waals surface area contributed by atoms with Gasteiger partial charge in [0.1, 0.15) is 15.5 Å². The molecule has 0 aliphatic rings. The van der Waals surface area contributed by atoms with Crippen LogP contribution < -0.4 is 0 Å². The first kappa shape index (κ1) is 9.29. The van der Waals surface area contributed by atoms with E-state index in [0.717, 1.165) is 4.83 Å². The molecule has 3 aromatic heterocycles. The lowest BCUT2D eigenvalue weighted by Crippen LogP contribution is -1.72. The van der Waals surface area contributed by atoms with Gasteiger partial charge in [0.25, 0.3) is 5.89 Å². The third-order valence-electron chi connectivity index (χ3n) is 2.16. The molecule has 80 valence electrons. The normalized spacial score (nSPS) is 11.1. The lowest BCUT2D eigenvalue weighted by atomic mass is 10.3. The van der Waals surface area contributed by atoms with Gasteiger partial charge in [-0.05, 0) is 12.1 Å². The molecular formula is C10H7N3O2S. The molecule has 0 saturated carbocycles. The summed E-state index contributed by atoms with van der Waals surface area (Å²) in [5, 5.41) is 18.3. The number of rotatable bonds is 1. The number of nitrogens with zero attached hydrogens (tertiary/aromatic N) is 3. The molecule has 0 unspecified atom stereocenters. The van der Waals surface area contributed by atoms with Crippen molar-refractivity contribution in [3.8, 4) is 16.5 Å². The number of thiophene rings is 1. The van der Waals surface area contributed by atoms with E-state index in [0.29, 0.717) is 22.0 Å². The SMILES string of the molecule is Cc1nnc(-c2sc3ncccc3c2O)o1. The minimum absolute atomic E-state index is 0.150. The van der Waals surface area contributed by atoms with Crippen LogP contribution in [0, 0.1) is 6.92 Å². The van der Waals surface area contributed by atoms with Crippen LogP contribution in [0.15, 0.2) is 22.7 Å². The molecule has 0 atom stereocenters. The number of hydrogen-bond donors (Lipinski definition) is 1. The summed E-state index contributed by atoms with van der Waals surface area (Å²) in [5.41, 5.74) is 0. The zero-order chi connectivity index (χ0) is 11.1. The Hall–Kier alpha value is -1.95. The molecular weight excluding hydrogens is 226 g/mol. The van der Waals surface area contributed by atoms with E-state index in [1.54, 1.807) is 25.3 Å². The van der Waals surface area contributed by atoms with Crippen molar-refractivity contribution in [2.75, 3.05) is 0 Å². The first-order valence-electron chi connectivity index (χ1n) is 4.62. The molecule has 0 radical (unpaired) electrons. The van der Waals surface area contributed by atoms with Crippen molar-refractivity contribution in [2.45, 2.75) is 6.92 Å². The number of fused-ring (bicyclic) bond motifs is 1. The lowest BCUT2D eigenvalue weighted by molar-refractivity contribution is 0.479. The van der Waals surface area contributed by atoms with Crippen LogP contribution in [0.2, 0.25) is 0 Å². The smallest absolute Gasteiger partial charge is 0.261 e. The van der Waals surface area contributed by atoms with E-state index >= 15 is 0 Å². The molecule has 0 fully saturated rings. The van der Waals surface area contributed by atoms with Gasteiger partial charge in [0.05, 0.1) is 5.39 Å². The van der Waals surface area contributed by atoms with Crippen molar-refractivity contribution in [3.63, 3.8) is 0 Å². The minimum Gasteiger partial charge on any atom is -0.506 e. The second kappa shape index (κ2) is 3.28. The Morgan fingerprint density at radius 2 is 2.25 bits per heavy atom. The molecule has 3 rings (SSSR count). The molecule has 0 amide bonds. The Kier molecular flexibility index (Phi) is 1.90. The predicted octanol–water partition coefficient (Wildman–Crippen LogP) is 2.36. The van der Waals surface area contributed by atoms with Crippen molar-refractivity contribution in [1.29, 1.82) is 0 Å². The number of pyridine rings is 1. The van der Waals surface area contributed by atoms with Crippen LogP contribution in [0.5, 0.6) is 5.75 Å². The number of hydrogen-bond acceptors (Lipinski definition) is 6. The fourth-order valence-electron chi connectivity index (χ4n) is 1.45. The summed E-state index contributed by atoms with van der Waals surface area (Å²) in [6.07, 6.45) is 1.68. The van der Waals surface area contributed by atoms with Crippen LogP contribution in [0.1, 0.15) is 5.89 Å². The van der Waals surface area contributed by atoms with E-state index in [9.17, 15) is 5.11 Å². The first-order chi connectivity index (χ1) is 7.75. The predicted molar refractivity (Wildman–Crippen MR) is 59.3 cm³/mol. The van der Waals surface area contributed by atoms with E-state index in [4.69, 9.17) is 4.42 Å². The first-order valence-corrected chi connectivity index (χ1v) is 5.44. The van der Waals surface area contributed by atoms with Crippen molar-refractivity contribution in [2.24, 2.45) is 0 Å². The van der Waals surface area contributed by atoms with E-state index in [2.05, 4.69) is 15.2 Å². The highest BCUT2D eigenvalue weighted by molar-refractivity contribution is 7.22. The van der Waals surface area contributed by atoms with Gasteiger partial charge >= 0.3 is 0 Å². The van der Waals surface area contributed by atoms with Gasteiger partial charge in [-0.15, -0.1) is 21.5 Å². The van der Waals surface area contributed by atoms with Crippen LogP contribution in [0.25, 0.3) is 21.0 Å². The Labute approximate surface area is 94.4 Å². The Morgan fingerprint density at radius 3 is 2.94 bits per heavy atom. The van der Waals surface area contributed by atoms with Gasteiger partial charge in [-0.25, -0.2) is 4.98 Å². The van der Waals surface area contributed by atoms with Crippen LogP contribution >= 0.6 is 11.3 Å². The zero-order valence-electron chi connectivity index (χ0n) is 8.34. The fraction of sp³-hybridized carbons (Fsp3) is 0.100. The molecule has 6 heteroatoms. The van der Waals surface area contributed by atoms with Gasteiger partial charge in [-0.3, -0.25) is 0 Å². The Bertz CT molecular complexity index is 659. The van der Waals surface area contributed by atoms with Crippen molar-refractivity contribution in [1.82, 2.24) is 15.2 Å². The maximum atomic E-state index is 9.99. The monoisotopic (exact) mass is 233 g/mol. The molecule has 0 bridgehead atoms. The molecule has 0 spiro atoms. The molecule has 0 aliphatic heterocycles. The summed E-state index contributed by atoms with van der Waals surface area (Å²) in [6, 6.07) is 3.58. The summed E-state index contributed by atoms with van der Waals surface area (Å²) in [7, 11) is 0. The van der Waals surface area contributed by atoms with Crippen molar-refractivity contribution in [3.05, 3.63) is 24.2 Å². The van der Waals surface area contributed by atoms with Gasteiger partial charge in [0.15, 0.2) is 0 Å². The molecule has 0 aliphatic carbocycles. The Balaban J connectivity index is 2.28. The molecule has 3 heterocycles. The summed E-state index contributed by atoms with van der Waals surface area (Å²) in [5.74, 6) is 0.953. The van der Waals surface area contributed by atoms with E-state index in [-0.39, 0.29) is 5.75 Å². The zero-order valence-corrected chi connectivity index (χ0v) is 9.15. The third-order valence-corrected chi connectivity index (χ3v) is 3.25. The molecule has 16 heavy (non-hydrogen) atoms. The second-order valence-corrected chi connectivity index (χ2v) is 4.26. The molecule has 1 N–H and O–H groups in total. The van der Waals surface area contributed by atoms with Gasteiger partial charge in [0.2, 0.25) is 5.89 Å². The minimum atomic E-state index is 0.150. The van der Waals surface area contributed by atoms with Crippen LogP contribution in [0.3, 0.4) is 0 Å². The number of aryl methyl sites for hydroxylation is 1. The average molecular weight is 233 g/mol. The molecule has 3 aromatic rings. The van der Waals surface area contributed by atoms with E-state index < -0.39 is 0 Å². The average Bonchev–Trinajstić information content (AvgIpc) is 2.84. The number of aromatic hydroxyl groups is 1. The largest absolute Gasteiger partial charge is 0.506 e. The Morgan fingerprint density at radius 1 is 1.38 bits per heavy atom. The molecule has 0 saturated heterocycles. The van der Waals surface area contributed by atoms with Crippen LogP contribution in [-0.2, 0) is 0 Å². The topological polar surface area (TPSA) is 72.0 Å². The number of aromatic nitrogens is 3. The lowest BCUT2D eigenvalue weighted by Gasteiger charge is -1.90. The summed E-state index contributed by atoms with van der Waals surface area (Å²) >= 11 is 1.33. The standard InChI is InChI=1S/C10H7N3O2S/c1-5-12-13-9(15-5)8-7(14)6-3-2-4-11-10(6)16-8/h2-4,14H,1H3. The highest BCUT2D eigenvalue weighted by atomic mass is 32.1. The van der Waals surface area contributed by atoms with Gasteiger partial charge in [-0.2, -0.15) is 0 Å². The summed E-state index contributed by atoms with van der Waals surface area (Å²) in [4.78, 5) is 5.48. The fourth-order valence-corrected chi connectivity index (χ4v) is 2.41. The van der Waals surface area contributed by atoms with Gasteiger partial charge < -0.3 is 9.52 Å². The summed E-state index contributed by atoms with van der Waals surface area (Å²) < 4.78 is 5.28. The highest BCUT2D eigenvalue weighted by Crippen LogP contribution is 2.41. The highest BCUT2D eigenvalue weighted by Gasteiger charge is 2.17. The summed E-state index contributed by atoms with van der Waals surface area (Å²) in [6.45, 7) is 1.71. The van der Waals surface area contributed by atoms with Crippen molar-refractivity contribution < 1.29 is 9.52 Å². The van der Waals surface area contributed by atoms with Gasteiger partial charge in [-0.1, -0.05) is 0 Å².